The van der Waals surface area contributed by atoms with Crippen LogP contribution >= 0.6 is 12.4 Å². The minimum absolute atomic E-state index is 0. The summed E-state index contributed by atoms with van der Waals surface area (Å²) in [7, 11) is 2.08. The van der Waals surface area contributed by atoms with Crippen LogP contribution in [0.1, 0.15) is 42.7 Å². The van der Waals surface area contributed by atoms with Crippen molar-refractivity contribution in [2.75, 3.05) is 20.1 Å². The molecule has 3 rings (SSSR count). The van der Waals surface area contributed by atoms with E-state index in [0.29, 0.717) is 6.04 Å². The second-order valence-electron chi connectivity index (χ2n) is 5.88. The maximum Gasteiger partial charge on any atom is 0.0234 e. The van der Waals surface area contributed by atoms with E-state index in [1.54, 1.807) is 5.56 Å². The van der Waals surface area contributed by atoms with Crippen molar-refractivity contribution >= 4 is 12.4 Å². The van der Waals surface area contributed by atoms with Gasteiger partial charge in [0.15, 0.2) is 0 Å². The first-order valence-electron chi connectivity index (χ1n) is 7.33. The molecule has 1 N–H and O–H groups in total. The summed E-state index contributed by atoms with van der Waals surface area (Å²) in [6.07, 6.45) is 5.45. The van der Waals surface area contributed by atoms with Crippen molar-refractivity contribution < 1.29 is 0 Å². The highest BCUT2D eigenvalue weighted by atomic mass is 35.5. The van der Waals surface area contributed by atoms with Crippen LogP contribution in [0.5, 0.6) is 0 Å². The van der Waals surface area contributed by atoms with Gasteiger partial charge in [0.25, 0.3) is 0 Å². The molecule has 0 amide bonds. The summed E-state index contributed by atoms with van der Waals surface area (Å²) < 4.78 is 0. The number of likely N-dealkylation sites (tertiary alicyclic amines) is 1. The number of benzene rings is 1. The van der Waals surface area contributed by atoms with Gasteiger partial charge in [-0.25, -0.2) is 0 Å². The Kier molecular flexibility index (Phi) is 5.26. The summed E-state index contributed by atoms with van der Waals surface area (Å²) in [4.78, 5) is 2.58. The van der Waals surface area contributed by atoms with Gasteiger partial charge in [-0.15, -0.1) is 12.4 Å². The molecule has 0 bridgehead atoms. The molecular formula is C16H25ClN2. The number of nitrogens with zero attached hydrogens (tertiary/aromatic N) is 1. The fourth-order valence-corrected chi connectivity index (χ4v) is 3.00. The number of rotatable bonds is 4. The third kappa shape index (κ3) is 3.95. The van der Waals surface area contributed by atoms with E-state index < -0.39 is 0 Å². The average molecular weight is 281 g/mol. The molecule has 0 aromatic heterocycles. The first-order chi connectivity index (χ1) is 8.85. The fourth-order valence-electron chi connectivity index (χ4n) is 3.00. The van der Waals surface area contributed by atoms with E-state index in [4.69, 9.17) is 0 Å². The minimum Gasteiger partial charge on any atom is -0.316 e. The lowest BCUT2D eigenvalue weighted by Gasteiger charge is -2.32. The molecule has 1 aliphatic carbocycles. The molecule has 1 aromatic carbocycles. The Morgan fingerprint density at radius 2 is 1.89 bits per heavy atom. The van der Waals surface area contributed by atoms with E-state index in [1.807, 2.05) is 0 Å². The summed E-state index contributed by atoms with van der Waals surface area (Å²) in [6, 6.07) is 10.0. The largest absolute Gasteiger partial charge is 0.316 e. The van der Waals surface area contributed by atoms with Crippen molar-refractivity contribution in [3.63, 3.8) is 0 Å². The quantitative estimate of drug-likeness (QED) is 0.911. The molecule has 19 heavy (non-hydrogen) atoms. The maximum absolute atomic E-state index is 3.41. The molecular weight excluding hydrogens is 256 g/mol. The van der Waals surface area contributed by atoms with Crippen LogP contribution in [0, 0.1) is 0 Å². The second kappa shape index (κ2) is 6.74. The van der Waals surface area contributed by atoms with Gasteiger partial charge in [-0.05, 0) is 56.3 Å². The minimum atomic E-state index is 0. The molecule has 106 valence electrons. The summed E-state index contributed by atoms with van der Waals surface area (Å²) in [6.45, 7) is 3.56. The molecule has 1 aromatic rings. The molecule has 0 spiro atoms. The van der Waals surface area contributed by atoms with Crippen molar-refractivity contribution in [2.45, 2.75) is 44.2 Å². The lowest BCUT2D eigenvalue weighted by molar-refractivity contribution is 0.188. The summed E-state index contributed by atoms with van der Waals surface area (Å²) in [5.74, 6) is 0.878. The lowest BCUT2D eigenvalue weighted by atomic mass is 10.0. The molecule has 1 saturated carbocycles. The zero-order chi connectivity index (χ0) is 12.4. The summed E-state index contributed by atoms with van der Waals surface area (Å²) in [5, 5.41) is 3.41. The lowest BCUT2D eigenvalue weighted by Crippen LogP contribution is -2.43. The Morgan fingerprint density at radius 1 is 1.16 bits per heavy atom. The number of piperidine rings is 1. The SMILES string of the molecule is CNC1CCCN(Cc2ccc(C3CC3)cc2)C1.Cl. The Labute approximate surface area is 123 Å². The topological polar surface area (TPSA) is 15.3 Å². The smallest absolute Gasteiger partial charge is 0.0234 e. The Bertz CT molecular complexity index is 386. The van der Waals surface area contributed by atoms with Crippen molar-refractivity contribution in [2.24, 2.45) is 0 Å². The molecule has 3 heteroatoms. The van der Waals surface area contributed by atoms with Crippen LogP contribution < -0.4 is 5.32 Å². The second-order valence-corrected chi connectivity index (χ2v) is 5.88. The zero-order valence-electron chi connectivity index (χ0n) is 11.8. The molecule has 1 saturated heterocycles. The average Bonchev–Trinajstić information content (AvgIpc) is 3.24. The van der Waals surface area contributed by atoms with E-state index >= 15 is 0 Å². The van der Waals surface area contributed by atoms with Crippen LogP contribution in [0.25, 0.3) is 0 Å². The Morgan fingerprint density at radius 3 is 2.53 bits per heavy atom. The highest BCUT2D eigenvalue weighted by molar-refractivity contribution is 5.85. The van der Waals surface area contributed by atoms with Gasteiger partial charge in [-0.1, -0.05) is 24.3 Å². The van der Waals surface area contributed by atoms with Gasteiger partial charge in [0.2, 0.25) is 0 Å². The van der Waals surface area contributed by atoms with E-state index in [-0.39, 0.29) is 12.4 Å². The Balaban J connectivity index is 0.00000133. The van der Waals surface area contributed by atoms with Crippen molar-refractivity contribution in [3.8, 4) is 0 Å². The normalized spacial score (nSPS) is 23.9. The van der Waals surface area contributed by atoms with Crippen LogP contribution in [0.4, 0.5) is 0 Å². The molecule has 1 heterocycles. The van der Waals surface area contributed by atoms with E-state index in [0.717, 1.165) is 12.5 Å². The van der Waals surface area contributed by atoms with Crippen molar-refractivity contribution in [3.05, 3.63) is 35.4 Å². The first-order valence-corrected chi connectivity index (χ1v) is 7.33. The monoisotopic (exact) mass is 280 g/mol. The van der Waals surface area contributed by atoms with Crippen LogP contribution in [0.15, 0.2) is 24.3 Å². The van der Waals surface area contributed by atoms with E-state index in [1.165, 1.54) is 44.3 Å². The molecule has 1 atom stereocenters. The standard InChI is InChI=1S/C16H24N2.ClH/c1-17-16-3-2-10-18(12-16)11-13-4-6-14(7-5-13)15-8-9-15;/h4-7,15-17H,2-3,8-12H2,1H3;1H. The van der Waals surface area contributed by atoms with Gasteiger partial charge in [-0.2, -0.15) is 0 Å². The van der Waals surface area contributed by atoms with Gasteiger partial charge in [0, 0.05) is 19.1 Å². The molecule has 1 aliphatic heterocycles. The predicted molar refractivity (Wildman–Crippen MR) is 83.0 cm³/mol. The highest BCUT2D eigenvalue weighted by Crippen LogP contribution is 2.39. The third-order valence-electron chi connectivity index (χ3n) is 4.35. The summed E-state index contributed by atoms with van der Waals surface area (Å²) in [5.41, 5.74) is 3.02. The van der Waals surface area contributed by atoms with E-state index in [9.17, 15) is 0 Å². The van der Waals surface area contributed by atoms with Crippen LogP contribution in [0.3, 0.4) is 0 Å². The number of likely N-dealkylation sites (N-methyl/N-ethyl adjacent to an activating group) is 1. The number of hydrogen-bond donors (Lipinski definition) is 1. The number of halogens is 1. The molecule has 2 fully saturated rings. The highest BCUT2D eigenvalue weighted by Gasteiger charge is 2.23. The molecule has 2 aliphatic rings. The van der Waals surface area contributed by atoms with Gasteiger partial charge in [0.05, 0.1) is 0 Å². The van der Waals surface area contributed by atoms with Crippen molar-refractivity contribution in [1.29, 1.82) is 0 Å². The summed E-state index contributed by atoms with van der Waals surface area (Å²) >= 11 is 0. The van der Waals surface area contributed by atoms with E-state index in [2.05, 4.69) is 41.5 Å². The number of nitrogens with one attached hydrogen (secondary N) is 1. The zero-order valence-corrected chi connectivity index (χ0v) is 12.6. The maximum atomic E-state index is 3.41. The molecule has 2 nitrogen and oxygen atoms in total. The van der Waals surface area contributed by atoms with Gasteiger partial charge in [0.1, 0.15) is 0 Å². The Hall–Kier alpha value is -0.570. The van der Waals surface area contributed by atoms with Crippen molar-refractivity contribution in [1.82, 2.24) is 10.2 Å². The van der Waals surface area contributed by atoms with Crippen LogP contribution in [-0.2, 0) is 6.54 Å². The van der Waals surface area contributed by atoms with Crippen LogP contribution in [0.2, 0.25) is 0 Å². The third-order valence-corrected chi connectivity index (χ3v) is 4.35. The van der Waals surface area contributed by atoms with Crippen LogP contribution in [-0.4, -0.2) is 31.1 Å². The van der Waals surface area contributed by atoms with Gasteiger partial charge in [-0.3, -0.25) is 4.90 Å². The molecule has 0 radical (unpaired) electrons. The van der Waals surface area contributed by atoms with Gasteiger partial charge >= 0.3 is 0 Å². The molecule has 1 unspecified atom stereocenters. The fraction of sp³-hybridized carbons (Fsp3) is 0.625. The number of hydrogen-bond acceptors (Lipinski definition) is 2. The first kappa shape index (κ1) is 14.8. The van der Waals surface area contributed by atoms with Gasteiger partial charge < -0.3 is 5.32 Å². The predicted octanol–water partition coefficient (Wildman–Crippen LogP) is 3.17.